The lowest BCUT2D eigenvalue weighted by molar-refractivity contribution is -0.121. The Morgan fingerprint density at radius 1 is 1.75 bits per heavy atom. The topological polar surface area (TPSA) is 46.3 Å². The molecule has 0 fully saturated rings. The third-order valence-corrected chi connectivity index (χ3v) is 3.72. The van der Waals surface area contributed by atoms with E-state index in [1.165, 1.54) is 5.56 Å². The van der Waals surface area contributed by atoms with E-state index in [4.69, 9.17) is 5.73 Å². The van der Waals surface area contributed by atoms with Gasteiger partial charge >= 0.3 is 0 Å². The summed E-state index contributed by atoms with van der Waals surface area (Å²) >= 11 is 1.67. The fraction of sp³-hybridized carbons (Fsp3) is 0.417. The molecule has 0 aromatic heterocycles. The third-order valence-electron chi connectivity index (χ3n) is 2.74. The zero-order valence-corrected chi connectivity index (χ0v) is 10.1. The number of rotatable bonds is 3. The molecule has 1 unspecified atom stereocenters. The summed E-state index contributed by atoms with van der Waals surface area (Å²) in [4.78, 5) is 11.6. The molecule has 1 aromatic carbocycles. The van der Waals surface area contributed by atoms with Gasteiger partial charge in [-0.2, -0.15) is 0 Å². The maximum atomic E-state index is 11.6. The zero-order valence-electron chi connectivity index (χ0n) is 9.27. The highest BCUT2D eigenvalue weighted by Crippen LogP contribution is 2.33. The van der Waals surface area contributed by atoms with E-state index in [1.54, 1.807) is 11.9 Å². The molecule has 1 atom stereocenters. The summed E-state index contributed by atoms with van der Waals surface area (Å²) < 4.78 is 2.09. The number of nitrogens with zero attached hydrogens (tertiary/aromatic N) is 1. The van der Waals surface area contributed by atoms with Crippen LogP contribution >= 0.6 is 11.9 Å². The van der Waals surface area contributed by atoms with Crippen LogP contribution in [0.4, 0.5) is 0 Å². The lowest BCUT2D eigenvalue weighted by atomic mass is 9.94. The fourth-order valence-electron chi connectivity index (χ4n) is 2.08. The highest BCUT2D eigenvalue weighted by Gasteiger charge is 2.31. The van der Waals surface area contributed by atoms with Gasteiger partial charge in [0.25, 0.3) is 0 Å². The first-order chi connectivity index (χ1) is 7.74. The molecule has 3 nitrogen and oxygen atoms in total. The summed E-state index contributed by atoms with van der Waals surface area (Å²) in [7, 11) is 0. The van der Waals surface area contributed by atoms with Gasteiger partial charge in [0.05, 0.1) is 0 Å². The average molecular weight is 235 g/mol. The number of carbonyl (C=O) groups is 1. The van der Waals surface area contributed by atoms with Gasteiger partial charge in [-0.25, -0.2) is 4.31 Å². The van der Waals surface area contributed by atoms with Crippen LogP contribution < -0.4 is 5.73 Å². The maximum Gasteiger partial charge on any atom is 0.240 e. The van der Waals surface area contributed by atoms with E-state index in [0.29, 0.717) is 0 Å². The summed E-state index contributed by atoms with van der Waals surface area (Å²) in [5.74, 6) is 0.686. The maximum absolute atomic E-state index is 11.6. The first-order valence-electron chi connectivity index (χ1n) is 5.41. The Kier molecular flexibility index (Phi) is 3.51. The van der Waals surface area contributed by atoms with E-state index < -0.39 is 0 Å². The van der Waals surface area contributed by atoms with Crippen LogP contribution in [0.3, 0.4) is 0 Å². The number of benzene rings is 1. The van der Waals surface area contributed by atoms with Gasteiger partial charge in [0.2, 0.25) is 5.91 Å². The smallest absolute Gasteiger partial charge is 0.240 e. The van der Waals surface area contributed by atoms with Gasteiger partial charge in [-0.3, -0.25) is 4.79 Å². The predicted octanol–water partition coefficient (Wildman–Crippen LogP) is 1.54. The van der Waals surface area contributed by atoms with Crippen molar-refractivity contribution in [1.29, 1.82) is 0 Å². The highest BCUT2D eigenvalue weighted by molar-refractivity contribution is 7.97. The number of carbonyl (C=O) groups excluding carboxylic acids is 1. The van der Waals surface area contributed by atoms with E-state index >= 15 is 0 Å². The quantitative estimate of drug-likeness (QED) is 0.808. The SMILES string of the molecule is CCSN1CCc2c[c]ccc2C1C(N)=O. The molecule has 1 aliphatic heterocycles. The number of hydrogen-bond donors (Lipinski definition) is 1. The van der Waals surface area contributed by atoms with Gasteiger partial charge in [-0.1, -0.05) is 37.1 Å². The molecule has 1 amide bonds. The first-order valence-corrected chi connectivity index (χ1v) is 6.36. The van der Waals surface area contributed by atoms with Crippen molar-refractivity contribution >= 4 is 17.9 Å². The second kappa shape index (κ2) is 4.89. The molecule has 1 aromatic rings. The molecule has 1 radical (unpaired) electrons. The monoisotopic (exact) mass is 235 g/mol. The Bertz CT molecular complexity index is 394. The summed E-state index contributed by atoms with van der Waals surface area (Å²) in [6, 6.07) is 8.51. The van der Waals surface area contributed by atoms with Crippen molar-refractivity contribution in [2.24, 2.45) is 5.73 Å². The molecule has 0 aliphatic carbocycles. The molecule has 85 valence electrons. The van der Waals surface area contributed by atoms with Crippen LogP contribution in [0.1, 0.15) is 24.1 Å². The predicted molar refractivity (Wildman–Crippen MR) is 65.8 cm³/mol. The second-order valence-corrected chi connectivity index (χ2v) is 5.04. The lowest BCUT2D eigenvalue weighted by Crippen LogP contribution is -2.38. The van der Waals surface area contributed by atoms with E-state index in [1.807, 2.05) is 18.2 Å². The lowest BCUT2D eigenvalue weighted by Gasteiger charge is -2.33. The van der Waals surface area contributed by atoms with Crippen molar-refractivity contribution < 1.29 is 4.79 Å². The molecule has 0 spiro atoms. The van der Waals surface area contributed by atoms with Gasteiger partial charge in [0.15, 0.2) is 0 Å². The Labute approximate surface area is 100 Å². The molecule has 0 saturated carbocycles. The number of amides is 1. The van der Waals surface area contributed by atoms with Crippen LogP contribution in [0.15, 0.2) is 18.2 Å². The minimum absolute atomic E-state index is 0.270. The Morgan fingerprint density at radius 2 is 2.56 bits per heavy atom. The van der Waals surface area contributed by atoms with Crippen LogP contribution in [0.2, 0.25) is 0 Å². The summed E-state index contributed by atoms with van der Waals surface area (Å²) in [5.41, 5.74) is 7.73. The molecule has 1 heterocycles. The summed E-state index contributed by atoms with van der Waals surface area (Å²) in [6.45, 7) is 2.95. The number of hydrogen-bond acceptors (Lipinski definition) is 3. The molecule has 16 heavy (non-hydrogen) atoms. The average Bonchev–Trinajstić information content (AvgIpc) is 2.28. The van der Waals surface area contributed by atoms with Gasteiger partial charge in [-0.15, -0.1) is 0 Å². The van der Waals surface area contributed by atoms with Gasteiger partial charge in [0, 0.05) is 12.3 Å². The van der Waals surface area contributed by atoms with Crippen LogP contribution in [-0.2, 0) is 11.2 Å². The Hall–Kier alpha value is -1.00. The fourth-order valence-corrected chi connectivity index (χ4v) is 2.99. The van der Waals surface area contributed by atoms with Crippen LogP contribution in [-0.4, -0.2) is 22.5 Å². The van der Waals surface area contributed by atoms with Crippen LogP contribution in [0.5, 0.6) is 0 Å². The van der Waals surface area contributed by atoms with E-state index in [9.17, 15) is 4.79 Å². The normalized spacial score (nSPS) is 20.4. The largest absolute Gasteiger partial charge is 0.368 e. The van der Waals surface area contributed by atoms with E-state index in [0.717, 1.165) is 24.3 Å². The molecule has 2 rings (SSSR count). The van der Waals surface area contributed by atoms with Crippen molar-refractivity contribution in [3.05, 3.63) is 35.4 Å². The van der Waals surface area contributed by atoms with Crippen molar-refractivity contribution in [2.45, 2.75) is 19.4 Å². The number of fused-ring (bicyclic) bond motifs is 1. The third kappa shape index (κ3) is 2.08. The van der Waals surface area contributed by atoms with E-state index in [-0.39, 0.29) is 11.9 Å². The van der Waals surface area contributed by atoms with Crippen molar-refractivity contribution in [3.8, 4) is 0 Å². The van der Waals surface area contributed by atoms with Crippen LogP contribution in [0.25, 0.3) is 0 Å². The summed E-state index contributed by atoms with van der Waals surface area (Å²) in [6.07, 6.45) is 0.962. The Morgan fingerprint density at radius 3 is 3.25 bits per heavy atom. The van der Waals surface area contributed by atoms with Gasteiger partial charge in [-0.05, 0) is 23.6 Å². The summed E-state index contributed by atoms with van der Waals surface area (Å²) in [5, 5.41) is 0. The van der Waals surface area contributed by atoms with E-state index in [2.05, 4.69) is 17.3 Å². The van der Waals surface area contributed by atoms with Gasteiger partial charge in [0.1, 0.15) is 6.04 Å². The van der Waals surface area contributed by atoms with Crippen molar-refractivity contribution in [3.63, 3.8) is 0 Å². The molecule has 0 bridgehead atoms. The zero-order chi connectivity index (χ0) is 11.5. The molecule has 1 aliphatic rings. The molecular formula is C12H15N2OS. The minimum atomic E-state index is -0.289. The molecule has 2 N–H and O–H groups in total. The van der Waals surface area contributed by atoms with Crippen molar-refractivity contribution in [1.82, 2.24) is 4.31 Å². The van der Waals surface area contributed by atoms with Crippen molar-refractivity contribution in [2.75, 3.05) is 12.3 Å². The first kappa shape index (κ1) is 11.5. The molecular weight excluding hydrogens is 220 g/mol. The Balaban J connectivity index is 2.35. The van der Waals surface area contributed by atoms with Crippen LogP contribution in [0, 0.1) is 6.07 Å². The number of nitrogens with two attached hydrogens (primary N) is 1. The number of primary amides is 1. The minimum Gasteiger partial charge on any atom is -0.368 e. The molecule has 0 saturated heterocycles. The molecule has 4 heteroatoms. The standard InChI is InChI=1S/C12H15N2OS/c1-2-16-14-8-7-9-5-3-4-6-10(9)11(14)12(13)15/h4-6,11H,2,7-8H2,1H3,(H2,13,15). The highest BCUT2D eigenvalue weighted by atomic mass is 32.2. The second-order valence-electron chi connectivity index (χ2n) is 3.74. The van der Waals surface area contributed by atoms with Gasteiger partial charge < -0.3 is 5.73 Å².